The predicted molar refractivity (Wildman–Crippen MR) is 88.1 cm³/mol. The van der Waals surface area contributed by atoms with Crippen molar-refractivity contribution in [2.45, 2.75) is 13.5 Å². The molecule has 0 radical (unpaired) electrons. The summed E-state index contributed by atoms with van der Waals surface area (Å²) >= 11 is 0. The summed E-state index contributed by atoms with van der Waals surface area (Å²) in [4.78, 5) is 24.1. The van der Waals surface area contributed by atoms with E-state index in [-0.39, 0.29) is 23.9 Å². The fraction of sp³-hybridized carbons (Fsp3) is 0.125. The van der Waals surface area contributed by atoms with Crippen LogP contribution in [0.2, 0.25) is 0 Å². The quantitative estimate of drug-likeness (QED) is 0.651. The van der Waals surface area contributed by atoms with Crippen LogP contribution in [0.15, 0.2) is 43.0 Å². The third kappa shape index (κ3) is 3.08. The lowest BCUT2D eigenvalue weighted by Gasteiger charge is -2.12. The summed E-state index contributed by atoms with van der Waals surface area (Å²) < 4.78 is 1.53. The Morgan fingerprint density at radius 3 is 2.92 bits per heavy atom. The SMILES string of the molecule is Cc1cccc(Nc2nc(-n3cncc3CO)ncc2C(N)=O)c1. The molecule has 0 aliphatic heterocycles. The lowest BCUT2D eigenvalue weighted by atomic mass is 10.2. The molecule has 0 aliphatic rings. The van der Waals surface area contributed by atoms with E-state index in [1.54, 1.807) is 0 Å². The number of carbonyl (C=O) groups is 1. The molecular formula is C16H16N6O2. The maximum absolute atomic E-state index is 11.6. The molecule has 0 saturated heterocycles. The first-order valence-electron chi connectivity index (χ1n) is 7.21. The normalized spacial score (nSPS) is 10.6. The highest BCUT2D eigenvalue weighted by Crippen LogP contribution is 2.20. The Balaban J connectivity index is 2.05. The molecule has 122 valence electrons. The fourth-order valence-electron chi connectivity index (χ4n) is 2.24. The molecule has 0 saturated carbocycles. The van der Waals surface area contributed by atoms with E-state index in [1.807, 2.05) is 31.2 Å². The number of nitrogens with one attached hydrogen (secondary N) is 1. The molecule has 1 aromatic carbocycles. The highest BCUT2D eigenvalue weighted by atomic mass is 16.3. The number of imidazole rings is 1. The van der Waals surface area contributed by atoms with E-state index in [4.69, 9.17) is 5.73 Å². The number of carbonyl (C=O) groups excluding carboxylic acids is 1. The van der Waals surface area contributed by atoms with Gasteiger partial charge in [0.1, 0.15) is 17.7 Å². The number of amides is 1. The first kappa shape index (κ1) is 15.6. The minimum Gasteiger partial charge on any atom is -0.390 e. The molecule has 3 aromatic rings. The molecule has 0 atom stereocenters. The van der Waals surface area contributed by atoms with Gasteiger partial charge in [0.25, 0.3) is 5.91 Å². The summed E-state index contributed by atoms with van der Waals surface area (Å²) in [6.45, 7) is 1.76. The molecule has 0 spiro atoms. The summed E-state index contributed by atoms with van der Waals surface area (Å²) in [6, 6.07) is 7.63. The number of hydrogen-bond acceptors (Lipinski definition) is 6. The van der Waals surface area contributed by atoms with Crippen molar-refractivity contribution in [1.29, 1.82) is 0 Å². The van der Waals surface area contributed by atoms with Crippen LogP contribution < -0.4 is 11.1 Å². The summed E-state index contributed by atoms with van der Waals surface area (Å²) in [6.07, 6.45) is 4.35. The second-order valence-electron chi connectivity index (χ2n) is 5.20. The van der Waals surface area contributed by atoms with Gasteiger partial charge in [0.05, 0.1) is 18.5 Å². The summed E-state index contributed by atoms with van der Waals surface area (Å²) in [7, 11) is 0. The van der Waals surface area contributed by atoms with E-state index in [9.17, 15) is 9.90 Å². The number of nitrogens with zero attached hydrogens (tertiary/aromatic N) is 4. The summed E-state index contributed by atoms with van der Waals surface area (Å²) in [5.74, 6) is -0.0721. The molecule has 1 amide bonds. The van der Waals surface area contributed by atoms with Crippen LogP contribution in [0.25, 0.3) is 5.95 Å². The van der Waals surface area contributed by atoms with Gasteiger partial charge in [-0.2, -0.15) is 4.98 Å². The molecule has 0 fully saturated rings. The Morgan fingerprint density at radius 1 is 1.38 bits per heavy atom. The van der Waals surface area contributed by atoms with Gasteiger partial charge in [-0.15, -0.1) is 0 Å². The van der Waals surface area contributed by atoms with Gasteiger partial charge in [-0.05, 0) is 24.6 Å². The number of aliphatic hydroxyl groups is 1. The van der Waals surface area contributed by atoms with Gasteiger partial charge in [0.15, 0.2) is 0 Å². The molecule has 8 nitrogen and oxygen atoms in total. The first-order valence-corrected chi connectivity index (χ1v) is 7.21. The smallest absolute Gasteiger partial charge is 0.254 e. The molecule has 0 aliphatic carbocycles. The van der Waals surface area contributed by atoms with Crippen LogP contribution in [0, 0.1) is 6.92 Å². The molecule has 24 heavy (non-hydrogen) atoms. The number of aliphatic hydroxyl groups excluding tert-OH is 1. The molecule has 8 heteroatoms. The zero-order chi connectivity index (χ0) is 17.1. The Morgan fingerprint density at radius 2 is 2.21 bits per heavy atom. The maximum atomic E-state index is 11.6. The van der Waals surface area contributed by atoms with E-state index in [1.165, 1.54) is 23.3 Å². The van der Waals surface area contributed by atoms with Crippen LogP contribution in [0.4, 0.5) is 11.5 Å². The highest BCUT2D eigenvalue weighted by Gasteiger charge is 2.14. The van der Waals surface area contributed by atoms with Crippen molar-refractivity contribution >= 4 is 17.4 Å². The molecule has 2 aromatic heterocycles. The van der Waals surface area contributed by atoms with Gasteiger partial charge in [0.2, 0.25) is 5.95 Å². The van der Waals surface area contributed by atoms with Gasteiger partial charge in [-0.1, -0.05) is 12.1 Å². The second-order valence-corrected chi connectivity index (χ2v) is 5.20. The minimum absolute atomic E-state index is 0.172. The second kappa shape index (κ2) is 6.47. The topological polar surface area (TPSA) is 119 Å². The average molecular weight is 324 g/mol. The Kier molecular flexibility index (Phi) is 4.21. The lowest BCUT2D eigenvalue weighted by molar-refractivity contribution is 0.100. The third-order valence-corrected chi connectivity index (χ3v) is 3.41. The van der Waals surface area contributed by atoms with Gasteiger partial charge in [-0.3, -0.25) is 9.36 Å². The number of aromatic nitrogens is 4. The molecule has 2 heterocycles. The Bertz CT molecular complexity index is 890. The van der Waals surface area contributed by atoms with Crippen molar-refractivity contribution in [3.05, 3.63) is 59.8 Å². The fourth-order valence-corrected chi connectivity index (χ4v) is 2.24. The molecular weight excluding hydrogens is 308 g/mol. The molecule has 3 rings (SSSR count). The van der Waals surface area contributed by atoms with E-state index in [0.717, 1.165) is 11.3 Å². The number of primary amides is 1. The summed E-state index contributed by atoms with van der Waals surface area (Å²) in [5.41, 5.74) is 7.94. The molecule has 0 unspecified atom stereocenters. The average Bonchev–Trinajstić information content (AvgIpc) is 3.03. The summed E-state index contributed by atoms with van der Waals surface area (Å²) in [5, 5.41) is 12.4. The molecule has 0 bridgehead atoms. The number of hydrogen-bond donors (Lipinski definition) is 3. The van der Waals surface area contributed by atoms with Crippen LogP contribution >= 0.6 is 0 Å². The van der Waals surface area contributed by atoms with Crippen molar-refractivity contribution in [1.82, 2.24) is 19.5 Å². The van der Waals surface area contributed by atoms with Crippen LogP contribution in [-0.2, 0) is 6.61 Å². The van der Waals surface area contributed by atoms with Gasteiger partial charge in [-0.25, -0.2) is 9.97 Å². The van der Waals surface area contributed by atoms with Crippen molar-refractivity contribution in [2.75, 3.05) is 5.32 Å². The Hall–Kier alpha value is -3.26. The first-order chi connectivity index (χ1) is 11.6. The van der Waals surface area contributed by atoms with E-state index in [2.05, 4.69) is 20.3 Å². The van der Waals surface area contributed by atoms with Crippen molar-refractivity contribution in [3.63, 3.8) is 0 Å². The van der Waals surface area contributed by atoms with Crippen molar-refractivity contribution < 1.29 is 9.90 Å². The highest BCUT2D eigenvalue weighted by molar-refractivity contribution is 5.98. The van der Waals surface area contributed by atoms with Crippen LogP contribution in [0.3, 0.4) is 0 Å². The van der Waals surface area contributed by atoms with Crippen LogP contribution in [-0.4, -0.2) is 30.5 Å². The number of rotatable bonds is 5. The van der Waals surface area contributed by atoms with Gasteiger partial charge < -0.3 is 16.2 Å². The van der Waals surface area contributed by atoms with Gasteiger partial charge in [0, 0.05) is 11.9 Å². The van der Waals surface area contributed by atoms with Crippen molar-refractivity contribution in [2.24, 2.45) is 5.73 Å². The van der Waals surface area contributed by atoms with E-state index >= 15 is 0 Å². The number of aryl methyl sites for hydroxylation is 1. The van der Waals surface area contributed by atoms with Crippen LogP contribution in [0.1, 0.15) is 21.6 Å². The van der Waals surface area contributed by atoms with E-state index in [0.29, 0.717) is 5.69 Å². The number of nitrogens with two attached hydrogens (primary N) is 1. The van der Waals surface area contributed by atoms with E-state index < -0.39 is 5.91 Å². The molecule has 4 N–H and O–H groups in total. The number of benzene rings is 1. The standard InChI is InChI=1S/C16H16N6O2/c1-10-3-2-4-11(5-10)20-15-13(14(17)24)7-19-16(21-15)22-9-18-6-12(22)8-23/h2-7,9,23H,8H2,1H3,(H2,17,24)(H,19,20,21). The largest absolute Gasteiger partial charge is 0.390 e. The Labute approximate surface area is 138 Å². The lowest BCUT2D eigenvalue weighted by Crippen LogP contribution is -2.16. The van der Waals surface area contributed by atoms with Gasteiger partial charge >= 0.3 is 0 Å². The van der Waals surface area contributed by atoms with Crippen LogP contribution in [0.5, 0.6) is 0 Å². The monoisotopic (exact) mass is 324 g/mol. The number of anilines is 2. The zero-order valence-electron chi connectivity index (χ0n) is 13.0. The maximum Gasteiger partial charge on any atom is 0.254 e. The minimum atomic E-state index is -0.635. The third-order valence-electron chi connectivity index (χ3n) is 3.41. The van der Waals surface area contributed by atoms with Crippen molar-refractivity contribution in [3.8, 4) is 5.95 Å². The predicted octanol–water partition coefficient (Wildman–Crippen LogP) is 1.31. The zero-order valence-corrected chi connectivity index (χ0v) is 13.0.